The molecule has 0 saturated heterocycles. The predicted molar refractivity (Wildman–Crippen MR) is 237 cm³/mol. The van der Waals surface area contributed by atoms with E-state index >= 15 is 0 Å². The molecule has 8 aromatic rings. The lowest BCUT2D eigenvalue weighted by atomic mass is 10.1. The third-order valence-electron chi connectivity index (χ3n) is 10.6. The standard InChI is InChI=1S/C50H46N2O10/c53-35-12-10-14-37(30-35)59-26-6-8-27-60-38-19-21-42-40-15-1-3-17-44(40)51(46(42)31-38)24-23-49(56)62-50(57)34-11-9-13-36(29-34)58-25-5-7-28-61-39-20-22-43-41-16-2-4-18-45(41)52(33-48(54)55)47(43)32-39/h1-4,9-22,29-32,53H,5-8,23-28,33H2,(H,54,55). The van der Waals surface area contributed by atoms with E-state index in [4.69, 9.17) is 23.7 Å². The Hall–Kier alpha value is -7.47. The van der Waals surface area contributed by atoms with Gasteiger partial charge in [-0.2, -0.15) is 0 Å². The number of hydrogen-bond acceptors (Lipinski definition) is 9. The molecule has 8 rings (SSSR count). The number of carbonyl (C=O) groups excluding carboxylic acids is 2. The number of nitrogens with zero attached hydrogens (tertiary/aromatic N) is 2. The van der Waals surface area contributed by atoms with Gasteiger partial charge in [0, 0.05) is 57.3 Å². The molecule has 0 unspecified atom stereocenters. The van der Waals surface area contributed by atoms with Gasteiger partial charge >= 0.3 is 17.9 Å². The van der Waals surface area contributed by atoms with Crippen molar-refractivity contribution in [1.29, 1.82) is 0 Å². The molecule has 0 bridgehead atoms. The highest BCUT2D eigenvalue weighted by Gasteiger charge is 2.18. The summed E-state index contributed by atoms with van der Waals surface area (Å²) in [6, 6.07) is 40.7. The van der Waals surface area contributed by atoms with Crippen molar-refractivity contribution in [2.75, 3.05) is 26.4 Å². The maximum atomic E-state index is 13.1. The molecule has 0 radical (unpaired) electrons. The molecule has 0 aliphatic heterocycles. The van der Waals surface area contributed by atoms with Gasteiger partial charge in [0.15, 0.2) is 0 Å². The summed E-state index contributed by atoms with van der Waals surface area (Å²) in [5, 5.41) is 23.2. The van der Waals surface area contributed by atoms with Crippen molar-refractivity contribution in [2.24, 2.45) is 0 Å². The zero-order valence-corrected chi connectivity index (χ0v) is 34.0. The number of unbranched alkanes of at least 4 members (excludes halogenated alkanes) is 2. The molecule has 2 heterocycles. The minimum atomic E-state index is -0.915. The number of phenols is 1. The number of hydrogen-bond donors (Lipinski definition) is 2. The molecule has 0 amide bonds. The number of fused-ring (bicyclic) bond motifs is 6. The van der Waals surface area contributed by atoms with Crippen molar-refractivity contribution in [3.63, 3.8) is 0 Å². The molecule has 0 atom stereocenters. The molecule has 0 aliphatic carbocycles. The Balaban J connectivity index is 0.797. The maximum Gasteiger partial charge on any atom is 0.345 e. The predicted octanol–water partition coefficient (Wildman–Crippen LogP) is 9.94. The smallest absolute Gasteiger partial charge is 0.345 e. The van der Waals surface area contributed by atoms with Crippen LogP contribution in [0.2, 0.25) is 0 Å². The second-order valence-corrected chi connectivity index (χ2v) is 14.9. The number of carboxylic acids is 1. The average Bonchev–Trinajstić information content (AvgIpc) is 3.76. The zero-order chi connectivity index (χ0) is 42.8. The number of benzene rings is 6. The number of rotatable bonds is 20. The van der Waals surface area contributed by atoms with Gasteiger partial charge in [0.2, 0.25) is 0 Å². The van der Waals surface area contributed by atoms with Gasteiger partial charge in [-0.05, 0) is 92.4 Å². The Morgan fingerprint density at radius 1 is 0.484 bits per heavy atom. The van der Waals surface area contributed by atoms with Gasteiger partial charge in [-0.15, -0.1) is 0 Å². The number of aliphatic carboxylic acids is 1. The fourth-order valence-electron chi connectivity index (χ4n) is 7.66. The van der Waals surface area contributed by atoms with Crippen molar-refractivity contribution < 1.29 is 48.3 Å². The van der Waals surface area contributed by atoms with Gasteiger partial charge < -0.3 is 43.0 Å². The van der Waals surface area contributed by atoms with Crippen LogP contribution < -0.4 is 18.9 Å². The first-order chi connectivity index (χ1) is 30.3. The minimum absolute atomic E-state index is 0.0260. The van der Waals surface area contributed by atoms with Gasteiger partial charge in [-0.25, -0.2) is 4.79 Å². The van der Waals surface area contributed by atoms with E-state index in [1.54, 1.807) is 53.1 Å². The number of carbonyl (C=O) groups is 3. The number of para-hydroxylation sites is 2. The van der Waals surface area contributed by atoms with Crippen LogP contribution in [0.5, 0.6) is 28.7 Å². The number of phenolic OH excluding ortho intramolecular Hbond substituents is 1. The van der Waals surface area contributed by atoms with Crippen LogP contribution in [-0.2, 0) is 27.4 Å². The normalized spacial score (nSPS) is 11.3. The van der Waals surface area contributed by atoms with E-state index in [0.717, 1.165) is 56.5 Å². The average molecular weight is 835 g/mol. The van der Waals surface area contributed by atoms with Crippen LogP contribution in [0.4, 0.5) is 0 Å². The highest BCUT2D eigenvalue weighted by atomic mass is 16.6. The van der Waals surface area contributed by atoms with Gasteiger partial charge in [-0.3, -0.25) is 9.59 Å². The third kappa shape index (κ3) is 9.76. The molecule has 0 fully saturated rings. The van der Waals surface area contributed by atoms with Crippen LogP contribution in [0.1, 0.15) is 42.5 Å². The third-order valence-corrected chi connectivity index (χ3v) is 10.6. The van der Waals surface area contributed by atoms with E-state index in [-0.39, 0.29) is 24.3 Å². The Kier molecular flexibility index (Phi) is 12.8. The van der Waals surface area contributed by atoms with E-state index < -0.39 is 17.9 Å². The van der Waals surface area contributed by atoms with E-state index in [2.05, 4.69) is 0 Å². The SMILES string of the molecule is O=C(O)Cn1c2ccccc2c2ccc(OCCCCOc3cccc(C(=O)OC(=O)CCn4c5ccccc5c5ccc(OCCCCOc6cccc(O)c6)cc54)c3)cc21. The van der Waals surface area contributed by atoms with Gasteiger partial charge in [0.05, 0.1) is 49.4 Å². The lowest BCUT2D eigenvalue weighted by Gasteiger charge is -2.11. The summed E-state index contributed by atoms with van der Waals surface area (Å²) in [4.78, 5) is 37.7. The number of aryl methyl sites for hydroxylation is 1. The molecular formula is C50H46N2O10. The number of esters is 2. The van der Waals surface area contributed by atoms with Crippen LogP contribution in [-0.4, -0.2) is 63.7 Å². The lowest BCUT2D eigenvalue weighted by molar-refractivity contribution is -0.139. The van der Waals surface area contributed by atoms with Crippen LogP contribution in [0, 0.1) is 0 Å². The molecule has 0 spiro atoms. The highest BCUT2D eigenvalue weighted by Crippen LogP contribution is 2.33. The Morgan fingerprint density at radius 2 is 0.968 bits per heavy atom. The van der Waals surface area contributed by atoms with Gasteiger partial charge in [0.1, 0.15) is 35.3 Å². The molecule has 316 valence electrons. The summed E-state index contributed by atoms with van der Waals surface area (Å²) in [7, 11) is 0. The molecule has 62 heavy (non-hydrogen) atoms. The molecule has 2 N–H and O–H groups in total. The first kappa shape index (κ1) is 41.3. The second kappa shape index (κ2) is 19.3. The molecule has 0 aliphatic rings. The summed E-state index contributed by atoms with van der Waals surface area (Å²) in [5.74, 6) is 0.321. The van der Waals surface area contributed by atoms with E-state index in [9.17, 15) is 24.6 Å². The zero-order valence-electron chi connectivity index (χ0n) is 34.0. The highest BCUT2D eigenvalue weighted by molar-refractivity contribution is 6.09. The Bertz CT molecular complexity index is 2880. The molecule has 2 aromatic heterocycles. The topological polar surface area (TPSA) is 148 Å². The molecule has 12 nitrogen and oxygen atoms in total. The number of aromatic nitrogens is 2. The number of aromatic hydroxyl groups is 1. The summed E-state index contributed by atoms with van der Waals surface area (Å²) < 4.78 is 32.8. The van der Waals surface area contributed by atoms with Gasteiger partial charge in [-0.1, -0.05) is 48.5 Å². The maximum absolute atomic E-state index is 13.1. The minimum Gasteiger partial charge on any atom is -0.508 e. The van der Waals surface area contributed by atoms with Crippen molar-refractivity contribution in [3.8, 4) is 28.7 Å². The molecule has 12 heteroatoms. The first-order valence-corrected chi connectivity index (χ1v) is 20.7. The summed E-state index contributed by atoms with van der Waals surface area (Å²) in [6.07, 6.45) is 2.91. The van der Waals surface area contributed by atoms with Crippen LogP contribution in [0.25, 0.3) is 43.6 Å². The summed E-state index contributed by atoms with van der Waals surface area (Å²) in [5.41, 5.74) is 3.73. The van der Waals surface area contributed by atoms with Gasteiger partial charge in [0.25, 0.3) is 0 Å². The molecule has 6 aromatic carbocycles. The second-order valence-electron chi connectivity index (χ2n) is 14.9. The molecular weight excluding hydrogens is 789 g/mol. The monoisotopic (exact) mass is 834 g/mol. The lowest BCUT2D eigenvalue weighted by Crippen LogP contribution is -2.15. The van der Waals surface area contributed by atoms with Crippen LogP contribution >= 0.6 is 0 Å². The Morgan fingerprint density at radius 3 is 1.53 bits per heavy atom. The summed E-state index contributed by atoms with van der Waals surface area (Å²) in [6.45, 7) is 1.97. The number of carboxylic acid groups (broad SMARTS) is 1. The quantitative estimate of drug-likeness (QED) is 0.0432. The van der Waals surface area contributed by atoms with Crippen LogP contribution in [0.15, 0.2) is 133 Å². The van der Waals surface area contributed by atoms with E-state index in [1.807, 2.05) is 89.5 Å². The Labute approximate surface area is 357 Å². The van der Waals surface area contributed by atoms with Crippen LogP contribution in [0.3, 0.4) is 0 Å². The number of ether oxygens (including phenoxy) is 5. The van der Waals surface area contributed by atoms with Crippen molar-refractivity contribution in [1.82, 2.24) is 9.13 Å². The van der Waals surface area contributed by atoms with Crippen molar-refractivity contribution >= 4 is 61.5 Å². The van der Waals surface area contributed by atoms with Crippen molar-refractivity contribution in [2.45, 2.75) is 45.2 Å². The summed E-state index contributed by atoms with van der Waals surface area (Å²) >= 11 is 0. The van der Waals surface area contributed by atoms with E-state index in [0.29, 0.717) is 68.8 Å². The molecule has 0 saturated carbocycles. The van der Waals surface area contributed by atoms with E-state index in [1.165, 1.54) is 0 Å². The first-order valence-electron chi connectivity index (χ1n) is 20.7. The fourth-order valence-corrected chi connectivity index (χ4v) is 7.66. The van der Waals surface area contributed by atoms with Crippen molar-refractivity contribution in [3.05, 3.63) is 139 Å². The largest absolute Gasteiger partial charge is 0.508 e. The fraction of sp³-hybridized carbons (Fsp3) is 0.220.